The van der Waals surface area contributed by atoms with E-state index in [0.29, 0.717) is 12.4 Å². The Hall–Kier alpha value is -1.67. The van der Waals surface area contributed by atoms with Gasteiger partial charge in [-0.3, -0.25) is 0 Å². The molecular formula is C17H16Br2F2O4. The number of halogens is 4. The summed E-state index contributed by atoms with van der Waals surface area (Å²) in [5.41, 5.74) is -0.407. The fraction of sp³-hybridized carbons (Fsp3) is 0.235. The zero-order valence-corrected chi connectivity index (χ0v) is 16.7. The van der Waals surface area contributed by atoms with Crippen LogP contribution in [0.2, 0.25) is 0 Å². The van der Waals surface area contributed by atoms with E-state index in [-0.39, 0.29) is 22.6 Å². The number of hydrogen-bond acceptors (Lipinski definition) is 3. The summed E-state index contributed by atoms with van der Waals surface area (Å²) < 4.78 is 37.2. The maximum Gasteiger partial charge on any atom is 0.339 e. The van der Waals surface area contributed by atoms with Crippen molar-refractivity contribution in [2.75, 3.05) is 13.2 Å². The summed E-state index contributed by atoms with van der Waals surface area (Å²) >= 11 is 6.11. The molecule has 2 aromatic rings. The number of ether oxygens (including phenoxy) is 2. The van der Waals surface area contributed by atoms with Gasteiger partial charge in [0.15, 0.2) is 23.1 Å². The van der Waals surface area contributed by atoms with Gasteiger partial charge in [0.25, 0.3) is 0 Å². The van der Waals surface area contributed by atoms with Crippen molar-refractivity contribution in [3.63, 3.8) is 0 Å². The fourth-order valence-corrected chi connectivity index (χ4v) is 2.55. The number of rotatable bonds is 5. The largest absolute Gasteiger partial charge is 0.491 e. The first-order chi connectivity index (χ1) is 11.8. The molecule has 0 heterocycles. The van der Waals surface area contributed by atoms with Crippen LogP contribution in [0.5, 0.6) is 11.5 Å². The van der Waals surface area contributed by atoms with E-state index in [1.165, 1.54) is 18.2 Å². The highest BCUT2D eigenvalue weighted by Gasteiger charge is 2.18. The minimum Gasteiger partial charge on any atom is -0.491 e. The molecule has 4 nitrogen and oxygen atoms in total. The number of carbonyl (C=O) groups is 1. The monoisotopic (exact) mass is 480 g/mol. The Balaban J connectivity index is 0.000000257. The van der Waals surface area contributed by atoms with Crippen molar-refractivity contribution in [1.82, 2.24) is 0 Å². The first-order valence-corrected chi connectivity index (χ1v) is 8.82. The topological polar surface area (TPSA) is 55.8 Å². The Labute approximate surface area is 161 Å². The Bertz CT molecular complexity index is 739. The summed E-state index contributed by atoms with van der Waals surface area (Å²) in [5, 5.41) is 8.71. The molecule has 0 saturated heterocycles. The maximum atomic E-state index is 13.4. The molecule has 8 heteroatoms. The van der Waals surface area contributed by atoms with Crippen LogP contribution in [0.1, 0.15) is 24.2 Å². The molecule has 25 heavy (non-hydrogen) atoms. The highest BCUT2D eigenvalue weighted by molar-refractivity contribution is 9.10. The summed E-state index contributed by atoms with van der Waals surface area (Å²) in [6.07, 6.45) is 0. The Morgan fingerprint density at radius 1 is 1.04 bits per heavy atom. The van der Waals surface area contributed by atoms with Gasteiger partial charge in [-0.25, -0.2) is 13.6 Å². The van der Waals surface area contributed by atoms with Crippen LogP contribution in [-0.2, 0) is 0 Å². The molecule has 1 N–H and O–H groups in total. The van der Waals surface area contributed by atoms with Crippen molar-refractivity contribution >= 4 is 37.8 Å². The predicted molar refractivity (Wildman–Crippen MR) is 97.5 cm³/mol. The van der Waals surface area contributed by atoms with E-state index >= 15 is 0 Å². The molecule has 0 spiro atoms. The van der Waals surface area contributed by atoms with Gasteiger partial charge in [-0.2, -0.15) is 0 Å². The lowest BCUT2D eigenvalue weighted by atomic mass is 10.2. The second-order valence-corrected chi connectivity index (χ2v) is 6.25. The summed E-state index contributed by atoms with van der Waals surface area (Å²) in [6, 6.07) is 7.55. The van der Waals surface area contributed by atoms with Crippen molar-refractivity contribution in [2.45, 2.75) is 13.8 Å². The molecule has 0 atom stereocenters. The Kier molecular flexibility index (Phi) is 8.85. The molecule has 136 valence electrons. The fourth-order valence-electron chi connectivity index (χ4n) is 1.74. The molecule has 0 unspecified atom stereocenters. The third-order valence-electron chi connectivity index (χ3n) is 2.76. The molecule has 0 saturated carbocycles. The minimum atomic E-state index is -1.32. The Morgan fingerprint density at radius 2 is 1.60 bits per heavy atom. The lowest BCUT2D eigenvalue weighted by Crippen LogP contribution is -2.05. The smallest absolute Gasteiger partial charge is 0.339 e. The van der Waals surface area contributed by atoms with E-state index in [2.05, 4.69) is 31.9 Å². The number of hydrogen-bond donors (Lipinski definition) is 1. The summed E-state index contributed by atoms with van der Waals surface area (Å²) in [5.74, 6) is -2.25. The molecule has 0 amide bonds. The van der Waals surface area contributed by atoms with Gasteiger partial charge in [0.05, 0.1) is 13.2 Å². The second kappa shape index (κ2) is 10.4. The summed E-state index contributed by atoms with van der Waals surface area (Å²) in [7, 11) is 0. The highest BCUT2D eigenvalue weighted by Crippen LogP contribution is 2.27. The van der Waals surface area contributed by atoms with Crippen LogP contribution < -0.4 is 9.47 Å². The summed E-state index contributed by atoms with van der Waals surface area (Å²) in [6.45, 7) is 4.29. The van der Waals surface area contributed by atoms with Gasteiger partial charge < -0.3 is 14.6 Å². The summed E-state index contributed by atoms with van der Waals surface area (Å²) in [4.78, 5) is 10.7. The predicted octanol–water partition coefficient (Wildman–Crippen LogP) is 5.67. The molecule has 0 bridgehead atoms. The van der Waals surface area contributed by atoms with Gasteiger partial charge in [0.1, 0.15) is 5.56 Å². The third-order valence-corrected chi connectivity index (χ3v) is 3.92. The number of benzene rings is 2. The van der Waals surface area contributed by atoms with Crippen molar-refractivity contribution in [3.8, 4) is 11.5 Å². The van der Waals surface area contributed by atoms with Gasteiger partial charge in [-0.15, -0.1) is 0 Å². The maximum absolute atomic E-state index is 13.4. The van der Waals surface area contributed by atoms with Crippen LogP contribution in [0, 0.1) is 11.6 Å². The van der Waals surface area contributed by atoms with Gasteiger partial charge in [0, 0.05) is 8.95 Å². The van der Waals surface area contributed by atoms with E-state index in [1.54, 1.807) is 19.1 Å². The average Bonchev–Trinajstić information content (AvgIpc) is 2.53. The average molecular weight is 482 g/mol. The van der Waals surface area contributed by atoms with Crippen LogP contribution in [0.15, 0.2) is 39.3 Å². The van der Waals surface area contributed by atoms with Crippen LogP contribution in [-0.4, -0.2) is 24.3 Å². The highest BCUT2D eigenvalue weighted by atomic mass is 79.9. The molecule has 0 fully saturated rings. The third kappa shape index (κ3) is 6.28. The van der Waals surface area contributed by atoms with E-state index in [9.17, 15) is 13.6 Å². The second-order valence-electron chi connectivity index (χ2n) is 4.48. The molecule has 0 aliphatic rings. The van der Waals surface area contributed by atoms with Crippen LogP contribution >= 0.6 is 31.9 Å². The number of carboxylic acids is 1. The van der Waals surface area contributed by atoms with E-state index in [1.807, 2.05) is 6.92 Å². The zero-order chi connectivity index (χ0) is 19.0. The SMILES string of the molecule is CCOc1ccc(Br)c(C(=O)O)c1F.CCOc1ccc(Br)cc1F. The standard InChI is InChI=1S/C9H8BrFO3.C8H8BrFO/c1-2-14-6-4-3-5(10)7(8(6)11)9(12)13;1-2-11-8-4-3-6(9)5-7(8)10/h3-4H,2H2,1H3,(H,12,13);3-5H,2H2,1H3. The molecule has 0 aliphatic carbocycles. The van der Waals surface area contributed by atoms with E-state index in [4.69, 9.17) is 14.6 Å². The van der Waals surface area contributed by atoms with Gasteiger partial charge in [0.2, 0.25) is 0 Å². The van der Waals surface area contributed by atoms with Gasteiger partial charge in [-0.05, 0) is 60.1 Å². The van der Waals surface area contributed by atoms with E-state index in [0.717, 1.165) is 4.47 Å². The molecule has 0 radical (unpaired) electrons. The molecule has 2 rings (SSSR count). The van der Waals surface area contributed by atoms with Crippen LogP contribution in [0.4, 0.5) is 8.78 Å². The van der Waals surface area contributed by atoms with Gasteiger partial charge >= 0.3 is 5.97 Å². The molecule has 0 aromatic heterocycles. The first kappa shape index (κ1) is 21.4. The lowest BCUT2D eigenvalue weighted by molar-refractivity contribution is 0.0689. The Morgan fingerprint density at radius 3 is 2.12 bits per heavy atom. The molecule has 2 aromatic carbocycles. The number of carboxylic acid groups (broad SMARTS) is 1. The van der Waals surface area contributed by atoms with Crippen molar-refractivity contribution in [2.24, 2.45) is 0 Å². The van der Waals surface area contributed by atoms with Crippen molar-refractivity contribution in [3.05, 3.63) is 56.5 Å². The van der Waals surface area contributed by atoms with Crippen LogP contribution in [0.3, 0.4) is 0 Å². The van der Waals surface area contributed by atoms with E-state index < -0.39 is 17.3 Å². The quantitative estimate of drug-likeness (QED) is 0.597. The normalized spacial score (nSPS) is 9.84. The first-order valence-electron chi connectivity index (χ1n) is 7.23. The number of aromatic carboxylic acids is 1. The zero-order valence-electron chi connectivity index (χ0n) is 13.5. The molecular weight excluding hydrogens is 466 g/mol. The van der Waals surface area contributed by atoms with Crippen molar-refractivity contribution in [1.29, 1.82) is 0 Å². The lowest BCUT2D eigenvalue weighted by Gasteiger charge is -2.07. The van der Waals surface area contributed by atoms with Gasteiger partial charge in [-0.1, -0.05) is 15.9 Å². The molecule has 0 aliphatic heterocycles. The minimum absolute atomic E-state index is 0.0481. The van der Waals surface area contributed by atoms with Crippen molar-refractivity contribution < 1.29 is 28.2 Å². The van der Waals surface area contributed by atoms with Crippen LogP contribution in [0.25, 0.3) is 0 Å².